The average Bonchev–Trinajstić information content (AvgIpc) is 3.42. The second kappa shape index (κ2) is 8.77. The van der Waals surface area contributed by atoms with Gasteiger partial charge in [0.1, 0.15) is 17.0 Å². The van der Waals surface area contributed by atoms with Crippen molar-refractivity contribution in [3.8, 4) is 5.75 Å². The number of thiophene rings is 1. The Kier molecular flexibility index (Phi) is 5.92. The first-order valence-corrected chi connectivity index (χ1v) is 13.0. The Balaban J connectivity index is 1.51. The monoisotopic (exact) mass is 479 g/mol. The molecule has 6 nitrogen and oxygen atoms in total. The summed E-state index contributed by atoms with van der Waals surface area (Å²) in [4.78, 5) is 29.6. The molecule has 1 saturated carbocycles. The molecule has 0 saturated heterocycles. The van der Waals surface area contributed by atoms with Crippen molar-refractivity contribution in [1.82, 2.24) is 14.8 Å². The lowest BCUT2D eigenvalue weighted by molar-refractivity contribution is -0.134. The van der Waals surface area contributed by atoms with Gasteiger partial charge in [0.25, 0.3) is 5.91 Å². The SMILES string of the molecule is COc1ccc(CN2C(=O)c3cc4sccc4n3C[C@]2(C)C(=O)N[C@@H]2CCC[C@H](C)[C@H]2C)cc1. The van der Waals surface area contributed by atoms with Gasteiger partial charge in [-0.05, 0) is 60.4 Å². The summed E-state index contributed by atoms with van der Waals surface area (Å²) in [6.07, 6.45) is 3.32. The van der Waals surface area contributed by atoms with Crippen molar-refractivity contribution in [2.24, 2.45) is 11.8 Å². The molecule has 180 valence electrons. The smallest absolute Gasteiger partial charge is 0.271 e. The Hall–Kier alpha value is -2.80. The van der Waals surface area contributed by atoms with Gasteiger partial charge in [0.05, 0.1) is 23.9 Å². The van der Waals surface area contributed by atoms with Gasteiger partial charge < -0.3 is 19.5 Å². The van der Waals surface area contributed by atoms with Gasteiger partial charge in [-0.15, -0.1) is 11.3 Å². The molecule has 0 unspecified atom stereocenters. The average molecular weight is 480 g/mol. The number of nitrogens with zero attached hydrogens (tertiary/aromatic N) is 2. The molecule has 7 heteroatoms. The van der Waals surface area contributed by atoms with Gasteiger partial charge in [-0.25, -0.2) is 0 Å². The summed E-state index contributed by atoms with van der Waals surface area (Å²) in [7, 11) is 1.64. The highest BCUT2D eigenvalue weighted by molar-refractivity contribution is 7.17. The van der Waals surface area contributed by atoms with Crippen LogP contribution in [-0.4, -0.2) is 40.0 Å². The minimum atomic E-state index is -1.00. The molecule has 3 heterocycles. The van der Waals surface area contributed by atoms with Crippen molar-refractivity contribution < 1.29 is 14.3 Å². The number of nitrogens with one attached hydrogen (secondary N) is 1. The zero-order chi connectivity index (χ0) is 24.0. The number of carbonyl (C=O) groups is 2. The van der Waals surface area contributed by atoms with Gasteiger partial charge in [0.15, 0.2) is 0 Å². The molecule has 2 aromatic heterocycles. The maximum Gasteiger partial charge on any atom is 0.271 e. The lowest BCUT2D eigenvalue weighted by atomic mass is 9.77. The van der Waals surface area contributed by atoms with E-state index in [0.717, 1.165) is 34.4 Å². The van der Waals surface area contributed by atoms with Gasteiger partial charge in [-0.1, -0.05) is 38.8 Å². The van der Waals surface area contributed by atoms with Crippen molar-refractivity contribution in [2.75, 3.05) is 7.11 Å². The summed E-state index contributed by atoms with van der Waals surface area (Å²) in [6.45, 7) is 7.22. The molecule has 1 aromatic carbocycles. The number of rotatable bonds is 5. The van der Waals surface area contributed by atoms with E-state index in [4.69, 9.17) is 4.74 Å². The van der Waals surface area contributed by atoms with Crippen LogP contribution in [0.5, 0.6) is 5.75 Å². The number of fused-ring (bicyclic) bond motifs is 3. The van der Waals surface area contributed by atoms with E-state index in [2.05, 4.69) is 19.2 Å². The maximum atomic E-state index is 14.0. The maximum absolute atomic E-state index is 14.0. The molecule has 2 amide bonds. The molecule has 1 aliphatic heterocycles. The second-order valence-corrected chi connectivity index (χ2v) is 11.1. The van der Waals surface area contributed by atoms with Crippen molar-refractivity contribution in [2.45, 2.75) is 64.7 Å². The van der Waals surface area contributed by atoms with E-state index in [-0.39, 0.29) is 17.9 Å². The van der Waals surface area contributed by atoms with E-state index in [0.29, 0.717) is 30.6 Å². The number of benzene rings is 1. The van der Waals surface area contributed by atoms with Gasteiger partial charge in [-0.3, -0.25) is 9.59 Å². The molecular weight excluding hydrogens is 446 g/mol. The van der Waals surface area contributed by atoms with E-state index in [1.807, 2.05) is 53.3 Å². The summed E-state index contributed by atoms with van der Waals surface area (Å²) in [5.41, 5.74) is 1.64. The summed E-state index contributed by atoms with van der Waals surface area (Å²) >= 11 is 1.62. The topological polar surface area (TPSA) is 63.6 Å². The summed E-state index contributed by atoms with van der Waals surface area (Å²) in [5, 5.41) is 5.40. The summed E-state index contributed by atoms with van der Waals surface area (Å²) in [5.74, 6) is 1.60. The van der Waals surface area contributed by atoms with E-state index in [1.54, 1.807) is 23.3 Å². The molecule has 5 rings (SSSR count). The Labute approximate surface area is 204 Å². The third-order valence-electron chi connectivity index (χ3n) is 8.06. The second-order valence-electron chi connectivity index (χ2n) is 10.1. The lowest BCUT2D eigenvalue weighted by Crippen LogP contribution is -2.65. The molecule has 1 aliphatic carbocycles. The van der Waals surface area contributed by atoms with Gasteiger partial charge >= 0.3 is 0 Å². The predicted molar refractivity (Wildman–Crippen MR) is 135 cm³/mol. The first kappa shape index (κ1) is 23.0. The number of ether oxygens (including phenoxy) is 1. The fourth-order valence-electron chi connectivity index (χ4n) is 5.54. The van der Waals surface area contributed by atoms with Crippen LogP contribution in [0.1, 0.15) is 56.1 Å². The molecule has 0 bridgehead atoms. The van der Waals surface area contributed by atoms with Crippen LogP contribution in [0.3, 0.4) is 0 Å². The number of amides is 2. The highest BCUT2D eigenvalue weighted by atomic mass is 32.1. The minimum Gasteiger partial charge on any atom is -0.497 e. The summed E-state index contributed by atoms with van der Waals surface area (Å²) < 4.78 is 8.40. The first-order valence-electron chi connectivity index (χ1n) is 12.1. The third kappa shape index (κ3) is 3.80. The van der Waals surface area contributed by atoms with Crippen molar-refractivity contribution >= 4 is 33.4 Å². The van der Waals surface area contributed by atoms with Gasteiger partial charge in [0, 0.05) is 12.6 Å². The van der Waals surface area contributed by atoms with E-state index < -0.39 is 5.54 Å². The molecule has 0 radical (unpaired) electrons. The van der Waals surface area contributed by atoms with E-state index >= 15 is 0 Å². The Morgan fingerprint density at radius 2 is 1.97 bits per heavy atom. The Morgan fingerprint density at radius 3 is 2.71 bits per heavy atom. The number of hydrogen-bond donors (Lipinski definition) is 1. The quantitative estimate of drug-likeness (QED) is 0.556. The van der Waals surface area contributed by atoms with Crippen LogP contribution in [0.2, 0.25) is 0 Å². The zero-order valence-corrected chi connectivity index (χ0v) is 21.2. The molecular formula is C27H33N3O3S. The first-order chi connectivity index (χ1) is 16.3. The van der Waals surface area contributed by atoms with Crippen molar-refractivity contribution in [3.05, 3.63) is 53.0 Å². The van der Waals surface area contributed by atoms with Crippen LogP contribution in [-0.2, 0) is 17.9 Å². The molecule has 34 heavy (non-hydrogen) atoms. The third-order valence-corrected chi connectivity index (χ3v) is 8.91. The molecule has 3 aromatic rings. The largest absolute Gasteiger partial charge is 0.497 e. The number of aromatic nitrogens is 1. The molecule has 4 atom stereocenters. The highest BCUT2D eigenvalue weighted by Gasteiger charge is 2.48. The van der Waals surface area contributed by atoms with Crippen LogP contribution in [0.25, 0.3) is 10.2 Å². The number of hydrogen-bond acceptors (Lipinski definition) is 4. The molecule has 1 fully saturated rings. The zero-order valence-electron chi connectivity index (χ0n) is 20.3. The number of carbonyl (C=O) groups excluding carboxylic acids is 2. The molecule has 2 aliphatic rings. The van der Waals surface area contributed by atoms with Crippen LogP contribution < -0.4 is 10.1 Å². The van der Waals surface area contributed by atoms with Crippen LogP contribution in [0, 0.1) is 11.8 Å². The van der Waals surface area contributed by atoms with Crippen LogP contribution >= 0.6 is 11.3 Å². The van der Waals surface area contributed by atoms with Crippen molar-refractivity contribution in [1.29, 1.82) is 0 Å². The fraction of sp³-hybridized carbons (Fsp3) is 0.481. The standard InChI is InChI=1S/C27H33N3O3S/c1-17-6-5-7-21(18(17)2)28-26(32)27(3)16-29-22-12-13-34-24(22)14-23(29)25(31)30(27)15-19-8-10-20(33-4)11-9-19/h8-14,17-18,21H,5-7,15-16H2,1-4H3,(H,28,32)/t17-,18+,21+,27+/m0/s1. The van der Waals surface area contributed by atoms with Crippen molar-refractivity contribution in [3.63, 3.8) is 0 Å². The fourth-order valence-corrected chi connectivity index (χ4v) is 6.37. The normalized spacial score (nSPS) is 27.0. The molecule has 1 N–H and O–H groups in total. The lowest BCUT2D eigenvalue weighted by Gasteiger charge is -2.45. The number of methoxy groups -OCH3 is 1. The Morgan fingerprint density at radius 1 is 1.21 bits per heavy atom. The van der Waals surface area contributed by atoms with Gasteiger partial charge in [0.2, 0.25) is 5.91 Å². The molecule has 0 spiro atoms. The van der Waals surface area contributed by atoms with Crippen LogP contribution in [0.15, 0.2) is 41.8 Å². The predicted octanol–water partition coefficient (Wildman–Crippen LogP) is 5.07. The minimum absolute atomic E-state index is 0.0666. The highest BCUT2D eigenvalue weighted by Crippen LogP contribution is 2.36. The Bertz CT molecular complexity index is 1210. The van der Waals surface area contributed by atoms with E-state index in [1.165, 1.54) is 6.42 Å². The van der Waals surface area contributed by atoms with Crippen LogP contribution in [0.4, 0.5) is 0 Å². The van der Waals surface area contributed by atoms with E-state index in [9.17, 15) is 9.59 Å². The summed E-state index contributed by atoms with van der Waals surface area (Å²) in [6, 6.07) is 11.8. The van der Waals surface area contributed by atoms with Gasteiger partial charge in [-0.2, -0.15) is 0 Å².